The van der Waals surface area contributed by atoms with Crippen LogP contribution in [-0.4, -0.2) is 43.0 Å². The predicted molar refractivity (Wildman–Crippen MR) is 100.0 cm³/mol. The minimum Gasteiger partial charge on any atom is -0.505 e. The van der Waals surface area contributed by atoms with Gasteiger partial charge in [-0.2, -0.15) is 0 Å². The highest BCUT2D eigenvalue weighted by Gasteiger charge is 2.37. The standard InChI is InChI=1S/C20H17FN2O6/c1-20(9-24)8-23-15-14(16(25)13(18(23)26)19(27)28)22-7-11(17(15)29-20)6-10-2-4-12(21)5-3-10/h2-5,7,24-25H,6,8-9H2,1H3,(H,27,28)/t20-/m1/s1. The number of carboxylic acids is 1. The van der Waals surface area contributed by atoms with Crippen molar-refractivity contribution in [3.63, 3.8) is 0 Å². The molecule has 0 amide bonds. The molecule has 1 atom stereocenters. The maximum Gasteiger partial charge on any atom is 0.345 e. The summed E-state index contributed by atoms with van der Waals surface area (Å²) in [5, 5.41) is 29.5. The number of carbonyl (C=O) groups is 1. The summed E-state index contributed by atoms with van der Waals surface area (Å²) in [5.74, 6) is -2.48. The number of hydrogen-bond acceptors (Lipinski definition) is 6. The van der Waals surface area contributed by atoms with E-state index in [1.54, 1.807) is 19.1 Å². The Labute approximate surface area is 163 Å². The monoisotopic (exact) mass is 400 g/mol. The van der Waals surface area contributed by atoms with Crippen LogP contribution in [0, 0.1) is 5.82 Å². The number of aromatic hydroxyl groups is 1. The average molecular weight is 400 g/mol. The molecule has 29 heavy (non-hydrogen) atoms. The van der Waals surface area contributed by atoms with E-state index in [-0.39, 0.29) is 35.6 Å². The topological polar surface area (TPSA) is 122 Å². The van der Waals surface area contributed by atoms with Crippen molar-refractivity contribution in [2.45, 2.75) is 25.5 Å². The van der Waals surface area contributed by atoms with Crippen molar-refractivity contribution in [2.75, 3.05) is 6.61 Å². The Bertz CT molecular complexity index is 1200. The quantitative estimate of drug-likeness (QED) is 0.609. The zero-order valence-corrected chi connectivity index (χ0v) is 15.3. The average Bonchev–Trinajstić information content (AvgIpc) is 2.68. The van der Waals surface area contributed by atoms with E-state index < -0.39 is 35.0 Å². The molecule has 0 radical (unpaired) electrons. The third-order valence-electron chi connectivity index (χ3n) is 4.97. The lowest BCUT2D eigenvalue weighted by Gasteiger charge is -2.36. The summed E-state index contributed by atoms with van der Waals surface area (Å²) < 4.78 is 20.4. The smallest absolute Gasteiger partial charge is 0.345 e. The van der Waals surface area contributed by atoms with Crippen molar-refractivity contribution >= 4 is 17.0 Å². The summed E-state index contributed by atoms with van der Waals surface area (Å²) in [6.45, 7) is 1.04. The number of hydrogen-bond donors (Lipinski definition) is 3. The lowest BCUT2D eigenvalue weighted by Crippen LogP contribution is -2.47. The first kappa shape index (κ1) is 18.9. The summed E-state index contributed by atoms with van der Waals surface area (Å²) in [6.07, 6.45) is 1.69. The van der Waals surface area contributed by atoms with Gasteiger partial charge in [-0.15, -0.1) is 0 Å². The van der Waals surface area contributed by atoms with E-state index in [1.165, 1.54) is 18.3 Å². The number of nitrogens with zero attached hydrogens (tertiary/aromatic N) is 2. The molecule has 0 unspecified atom stereocenters. The number of aliphatic hydroxyl groups excluding tert-OH is 1. The molecule has 1 aromatic carbocycles. The molecule has 3 aromatic rings. The molecule has 150 valence electrons. The Morgan fingerprint density at radius 1 is 1.34 bits per heavy atom. The van der Waals surface area contributed by atoms with E-state index in [0.717, 1.165) is 10.1 Å². The predicted octanol–water partition coefficient (Wildman–Crippen LogP) is 1.67. The van der Waals surface area contributed by atoms with Crippen LogP contribution < -0.4 is 10.3 Å². The number of rotatable bonds is 4. The zero-order chi connectivity index (χ0) is 20.9. The largest absolute Gasteiger partial charge is 0.505 e. The van der Waals surface area contributed by atoms with Crippen LogP contribution in [0.25, 0.3) is 11.0 Å². The highest BCUT2D eigenvalue weighted by atomic mass is 19.1. The third-order valence-corrected chi connectivity index (χ3v) is 4.97. The number of ether oxygens (including phenoxy) is 1. The van der Waals surface area contributed by atoms with Gasteiger partial charge < -0.3 is 20.1 Å². The van der Waals surface area contributed by atoms with Gasteiger partial charge in [0.25, 0.3) is 5.56 Å². The highest BCUT2D eigenvalue weighted by Crippen LogP contribution is 2.39. The van der Waals surface area contributed by atoms with E-state index in [4.69, 9.17) is 4.74 Å². The van der Waals surface area contributed by atoms with Gasteiger partial charge in [0, 0.05) is 18.2 Å². The number of carboxylic acid groups (broad SMARTS) is 1. The summed E-state index contributed by atoms with van der Waals surface area (Å²) in [6, 6.07) is 5.82. The highest BCUT2D eigenvalue weighted by molar-refractivity contribution is 5.99. The first-order valence-corrected chi connectivity index (χ1v) is 8.79. The van der Waals surface area contributed by atoms with Crippen molar-refractivity contribution in [3.05, 3.63) is 63.3 Å². The van der Waals surface area contributed by atoms with E-state index in [0.29, 0.717) is 5.56 Å². The van der Waals surface area contributed by atoms with Gasteiger partial charge in [0.2, 0.25) is 0 Å². The SMILES string of the molecule is C[C@]1(CO)Cn2c(=O)c(C(=O)O)c(O)c3ncc(Cc4ccc(F)cc4)c(c32)O1. The Kier molecular flexibility index (Phi) is 4.27. The molecular weight excluding hydrogens is 383 g/mol. The van der Waals surface area contributed by atoms with Crippen LogP contribution in [0.4, 0.5) is 4.39 Å². The van der Waals surface area contributed by atoms with Crippen LogP contribution in [0.15, 0.2) is 35.3 Å². The van der Waals surface area contributed by atoms with Crippen molar-refractivity contribution in [2.24, 2.45) is 0 Å². The van der Waals surface area contributed by atoms with Gasteiger partial charge in [-0.1, -0.05) is 12.1 Å². The van der Waals surface area contributed by atoms with E-state index >= 15 is 0 Å². The number of pyridine rings is 2. The van der Waals surface area contributed by atoms with E-state index in [9.17, 15) is 29.3 Å². The molecule has 1 aliphatic rings. The van der Waals surface area contributed by atoms with Crippen molar-refractivity contribution in [3.8, 4) is 11.5 Å². The van der Waals surface area contributed by atoms with Gasteiger partial charge in [0.05, 0.1) is 13.2 Å². The van der Waals surface area contributed by atoms with Crippen LogP contribution in [0.2, 0.25) is 0 Å². The van der Waals surface area contributed by atoms with Gasteiger partial charge in [0.15, 0.2) is 17.1 Å². The minimum absolute atomic E-state index is 0.0835. The Balaban J connectivity index is 2.00. The molecule has 0 aliphatic carbocycles. The van der Waals surface area contributed by atoms with E-state index in [1.807, 2.05) is 0 Å². The van der Waals surface area contributed by atoms with Crippen LogP contribution >= 0.6 is 0 Å². The fourth-order valence-corrected chi connectivity index (χ4v) is 3.50. The van der Waals surface area contributed by atoms with Crippen molar-refractivity contribution in [1.29, 1.82) is 0 Å². The van der Waals surface area contributed by atoms with Crippen molar-refractivity contribution in [1.82, 2.24) is 9.55 Å². The molecule has 0 fully saturated rings. The molecule has 1 aliphatic heterocycles. The molecular formula is C20H17FN2O6. The van der Waals surface area contributed by atoms with Gasteiger partial charge in [-0.25, -0.2) is 9.18 Å². The summed E-state index contributed by atoms with van der Waals surface area (Å²) in [4.78, 5) is 28.5. The van der Waals surface area contributed by atoms with Gasteiger partial charge in [-0.3, -0.25) is 14.3 Å². The number of benzene rings is 1. The van der Waals surface area contributed by atoms with Gasteiger partial charge >= 0.3 is 5.97 Å². The minimum atomic E-state index is -1.57. The molecule has 0 saturated carbocycles. The van der Waals surface area contributed by atoms with Crippen molar-refractivity contribution < 1.29 is 29.2 Å². The molecule has 3 N–H and O–H groups in total. The van der Waals surface area contributed by atoms with Gasteiger partial charge in [-0.05, 0) is 24.6 Å². The zero-order valence-electron chi connectivity index (χ0n) is 15.3. The second-order valence-electron chi connectivity index (χ2n) is 7.24. The summed E-state index contributed by atoms with van der Waals surface area (Å²) >= 11 is 0. The molecule has 8 nitrogen and oxygen atoms in total. The summed E-state index contributed by atoms with van der Waals surface area (Å²) in [7, 11) is 0. The number of aromatic nitrogens is 2. The fraction of sp³-hybridized carbons (Fsp3) is 0.250. The molecule has 0 saturated heterocycles. The van der Waals surface area contributed by atoms with E-state index in [2.05, 4.69) is 4.98 Å². The fourth-order valence-electron chi connectivity index (χ4n) is 3.50. The van der Waals surface area contributed by atoms with Crippen LogP contribution in [0.5, 0.6) is 11.5 Å². The van der Waals surface area contributed by atoms with Crippen LogP contribution in [0.3, 0.4) is 0 Å². The maximum atomic E-state index is 13.2. The second kappa shape index (κ2) is 6.56. The Morgan fingerprint density at radius 2 is 2.03 bits per heavy atom. The Morgan fingerprint density at radius 3 is 2.66 bits per heavy atom. The molecule has 4 rings (SSSR count). The number of halogens is 1. The molecule has 9 heteroatoms. The maximum absolute atomic E-state index is 13.2. The van der Waals surface area contributed by atoms with Crippen LogP contribution in [-0.2, 0) is 13.0 Å². The first-order valence-electron chi connectivity index (χ1n) is 8.79. The second-order valence-corrected chi connectivity index (χ2v) is 7.24. The molecule has 0 bridgehead atoms. The van der Waals surface area contributed by atoms with Gasteiger partial charge in [0.1, 0.15) is 22.5 Å². The first-order chi connectivity index (χ1) is 13.7. The normalized spacial score (nSPS) is 17.9. The summed E-state index contributed by atoms with van der Waals surface area (Å²) in [5.41, 5.74) is -1.52. The third kappa shape index (κ3) is 2.99. The van der Waals surface area contributed by atoms with Crippen LogP contribution in [0.1, 0.15) is 28.4 Å². The Hall–Kier alpha value is -3.46. The lowest BCUT2D eigenvalue weighted by atomic mass is 10.00. The number of aromatic carboxylic acids is 1. The lowest BCUT2D eigenvalue weighted by molar-refractivity contribution is 0.00346. The number of aliphatic hydroxyl groups is 1. The molecule has 3 heterocycles. The molecule has 0 spiro atoms. The molecule has 2 aromatic heterocycles.